The first-order valence-corrected chi connectivity index (χ1v) is 12.8. The Morgan fingerprint density at radius 2 is 2.05 bits per heavy atom. The summed E-state index contributed by atoms with van der Waals surface area (Å²) < 4.78 is 31.8. The summed E-state index contributed by atoms with van der Waals surface area (Å²) >= 11 is 5.97. The van der Waals surface area contributed by atoms with Crippen LogP contribution in [0.5, 0.6) is 0 Å². The van der Waals surface area contributed by atoms with E-state index >= 15 is 4.39 Å². The van der Waals surface area contributed by atoms with Crippen LogP contribution in [0.3, 0.4) is 0 Å². The number of piperidine rings is 1. The molecule has 0 unspecified atom stereocenters. The highest BCUT2D eigenvalue weighted by atomic mass is 35.5. The molecule has 4 heterocycles. The van der Waals surface area contributed by atoms with Gasteiger partial charge in [-0.25, -0.2) is 18.7 Å². The number of hydrogen-bond acceptors (Lipinski definition) is 5. The highest BCUT2D eigenvalue weighted by Crippen LogP contribution is 2.32. The minimum atomic E-state index is -0.467. The van der Waals surface area contributed by atoms with Gasteiger partial charge in [0.1, 0.15) is 11.6 Å². The minimum Gasteiger partial charge on any atom is -0.334 e. The molecule has 0 saturated carbocycles. The van der Waals surface area contributed by atoms with Crippen LogP contribution in [-0.4, -0.2) is 42.2 Å². The maximum absolute atomic E-state index is 15.6. The molecule has 2 N–H and O–H groups in total. The minimum absolute atomic E-state index is 0.129. The summed E-state index contributed by atoms with van der Waals surface area (Å²) in [6.07, 6.45) is 6.01. The van der Waals surface area contributed by atoms with Crippen molar-refractivity contribution >= 4 is 23.2 Å². The Morgan fingerprint density at radius 1 is 1.22 bits per heavy atom. The quantitative estimate of drug-likeness (QED) is 0.308. The Hall–Kier alpha value is -3.30. The van der Waals surface area contributed by atoms with Gasteiger partial charge in [-0.1, -0.05) is 23.7 Å². The third-order valence-corrected chi connectivity index (χ3v) is 7.34. The second-order valence-corrected chi connectivity index (χ2v) is 10.3. The molecule has 0 amide bonds. The van der Waals surface area contributed by atoms with Crippen LogP contribution in [0.25, 0.3) is 11.4 Å². The average molecular weight is 526 g/mol. The van der Waals surface area contributed by atoms with Gasteiger partial charge in [0.05, 0.1) is 10.6 Å². The van der Waals surface area contributed by atoms with Crippen LogP contribution in [0.1, 0.15) is 36.7 Å². The monoisotopic (exact) mass is 525 g/mol. The summed E-state index contributed by atoms with van der Waals surface area (Å²) in [5.41, 5.74) is 2.67. The van der Waals surface area contributed by atoms with Crippen molar-refractivity contribution in [3.05, 3.63) is 76.3 Å². The lowest BCUT2D eigenvalue weighted by atomic mass is 9.87. The lowest BCUT2D eigenvalue weighted by Crippen LogP contribution is -2.40. The fraction of sp³-hybridized carbons (Fsp3) is 0.370. The lowest BCUT2D eigenvalue weighted by Gasteiger charge is -2.38. The molecular weight excluding hydrogens is 496 g/mol. The molecule has 2 atom stereocenters. The molecule has 5 rings (SSSR count). The van der Waals surface area contributed by atoms with Crippen molar-refractivity contribution in [3.8, 4) is 11.4 Å². The van der Waals surface area contributed by atoms with Crippen LogP contribution in [0.2, 0.25) is 5.02 Å². The van der Waals surface area contributed by atoms with Crippen LogP contribution in [0.4, 0.5) is 20.4 Å². The van der Waals surface area contributed by atoms with E-state index < -0.39 is 5.82 Å². The Kier molecular flexibility index (Phi) is 7.26. The van der Waals surface area contributed by atoms with Crippen LogP contribution >= 0.6 is 11.6 Å². The standard InChI is InChI=1S/C27H30ClF2N7/c1-16-11-23(35-34-16)33-26-25(30)21(27-31-8-10-36(27)3)14-20(32-26)13-18-7-9-37(17(2)12-18)15-19-5-4-6-22(28)24(19)29/h4-6,8,10-11,14,17-18H,7,9,12-13,15H2,1-3H3,(H2,32,33,34,35)/t17-,18-/m1/s1. The fourth-order valence-corrected chi connectivity index (χ4v) is 5.28. The maximum Gasteiger partial charge on any atom is 0.176 e. The topological polar surface area (TPSA) is 74.7 Å². The van der Waals surface area contributed by atoms with Crippen LogP contribution in [-0.2, 0) is 20.0 Å². The third-order valence-electron chi connectivity index (χ3n) is 7.05. The van der Waals surface area contributed by atoms with Gasteiger partial charge in [-0.3, -0.25) is 10.00 Å². The number of aromatic nitrogens is 5. The van der Waals surface area contributed by atoms with E-state index in [4.69, 9.17) is 11.6 Å². The number of aromatic amines is 1. The summed E-state index contributed by atoms with van der Waals surface area (Å²) in [5, 5.41) is 10.2. The molecule has 1 aliphatic rings. The van der Waals surface area contributed by atoms with Gasteiger partial charge in [0.2, 0.25) is 0 Å². The number of H-pyrrole nitrogens is 1. The first kappa shape index (κ1) is 25.4. The van der Waals surface area contributed by atoms with Gasteiger partial charge in [-0.15, -0.1) is 0 Å². The number of rotatable bonds is 7. The Morgan fingerprint density at radius 3 is 2.76 bits per heavy atom. The molecule has 10 heteroatoms. The normalized spacial score (nSPS) is 18.3. The van der Waals surface area contributed by atoms with Gasteiger partial charge in [-0.05, 0) is 57.7 Å². The number of nitrogens with zero attached hydrogens (tertiary/aromatic N) is 5. The van der Waals surface area contributed by atoms with E-state index in [9.17, 15) is 4.39 Å². The summed E-state index contributed by atoms with van der Waals surface area (Å²) in [4.78, 5) is 11.3. The third kappa shape index (κ3) is 5.52. The van der Waals surface area contributed by atoms with Crippen molar-refractivity contribution in [2.45, 2.75) is 45.7 Å². The molecule has 0 aliphatic carbocycles. The van der Waals surface area contributed by atoms with Gasteiger partial charge in [0, 0.05) is 55.0 Å². The molecule has 1 aliphatic heterocycles. The van der Waals surface area contributed by atoms with E-state index in [2.05, 4.69) is 37.3 Å². The maximum atomic E-state index is 15.6. The summed E-state index contributed by atoms with van der Waals surface area (Å²) in [6, 6.07) is 9.01. The highest BCUT2D eigenvalue weighted by molar-refractivity contribution is 6.30. The van der Waals surface area contributed by atoms with Crippen molar-refractivity contribution in [2.24, 2.45) is 13.0 Å². The van der Waals surface area contributed by atoms with E-state index in [1.54, 1.807) is 47.3 Å². The zero-order valence-corrected chi connectivity index (χ0v) is 21.9. The second kappa shape index (κ2) is 10.6. The predicted molar refractivity (Wildman–Crippen MR) is 141 cm³/mol. The molecule has 1 saturated heterocycles. The van der Waals surface area contributed by atoms with E-state index in [1.165, 1.54) is 0 Å². The van der Waals surface area contributed by atoms with Gasteiger partial charge in [-0.2, -0.15) is 5.10 Å². The summed E-state index contributed by atoms with van der Waals surface area (Å²) in [7, 11) is 1.84. The van der Waals surface area contributed by atoms with E-state index in [0.29, 0.717) is 41.7 Å². The summed E-state index contributed by atoms with van der Waals surface area (Å²) in [6.45, 7) is 5.41. The van der Waals surface area contributed by atoms with Crippen molar-refractivity contribution in [2.75, 3.05) is 11.9 Å². The number of imidazole rings is 1. The molecule has 7 nitrogen and oxygen atoms in total. The van der Waals surface area contributed by atoms with Crippen LogP contribution in [0.15, 0.2) is 42.7 Å². The number of aryl methyl sites for hydroxylation is 2. The Balaban J connectivity index is 1.35. The van der Waals surface area contributed by atoms with Crippen LogP contribution in [0, 0.1) is 24.5 Å². The summed E-state index contributed by atoms with van der Waals surface area (Å²) in [5.74, 6) is 0.719. The predicted octanol–water partition coefficient (Wildman–Crippen LogP) is 6.03. The molecule has 1 fully saturated rings. The number of nitrogens with one attached hydrogen (secondary N) is 2. The van der Waals surface area contributed by atoms with Gasteiger partial charge in [0.25, 0.3) is 0 Å². The average Bonchev–Trinajstić information content (AvgIpc) is 3.48. The number of benzene rings is 1. The van der Waals surface area contributed by atoms with Gasteiger partial charge < -0.3 is 9.88 Å². The molecule has 3 aromatic heterocycles. The Labute approximate surface area is 219 Å². The zero-order valence-electron chi connectivity index (χ0n) is 21.1. The number of likely N-dealkylation sites (tertiary alicyclic amines) is 1. The van der Waals surface area contributed by atoms with E-state index in [-0.39, 0.29) is 22.7 Å². The van der Waals surface area contributed by atoms with Crippen molar-refractivity contribution in [1.29, 1.82) is 0 Å². The SMILES string of the molecule is Cc1cc(Nc2nc(C[C@@H]3CCN(Cc4cccc(Cl)c4F)[C@H](C)C3)cc(-c3nccn3C)c2F)n[nH]1. The van der Waals surface area contributed by atoms with Gasteiger partial charge in [0.15, 0.2) is 17.5 Å². The number of anilines is 2. The molecule has 194 valence electrons. The lowest BCUT2D eigenvalue weighted by molar-refractivity contribution is 0.114. The number of pyridine rings is 1. The Bertz CT molecular complexity index is 1400. The van der Waals surface area contributed by atoms with Crippen molar-refractivity contribution in [3.63, 3.8) is 0 Å². The van der Waals surface area contributed by atoms with Crippen molar-refractivity contribution < 1.29 is 8.78 Å². The molecule has 1 aromatic carbocycles. The molecule has 4 aromatic rings. The zero-order chi connectivity index (χ0) is 26.1. The smallest absolute Gasteiger partial charge is 0.176 e. The largest absolute Gasteiger partial charge is 0.334 e. The molecular formula is C27H30ClF2N7. The molecule has 0 spiro atoms. The highest BCUT2D eigenvalue weighted by Gasteiger charge is 2.28. The first-order valence-electron chi connectivity index (χ1n) is 12.4. The number of halogens is 3. The number of hydrogen-bond donors (Lipinski definition) is 2. The van der Waals surface area contributed by atoms with Crippen molar-refractivity contribution in [1.82, 2.24) is 29.6 Å². The molecule has 0 bridgehead atoms. The molecule has 37 heavy (non-hydrogen) atoms. The fourth-order valence-electron chi connectivity index (χ4n) is 5.08. The second-order valence-electron chi connectivity index (χ2n) is 9.87. The van der Waals surface area contributed by atoms with E-state index in [0.717, 1.165) is 30.8 Å². The van der Waals surface area contributed by atoms with Gasteiger partial charge >= 0.3 is 0 Å². The molecule has 0 radical (unpaired) electrons. The first-order chi connectivity index (χ1) is 17.8. The van der Waals surface area contributed by atoms with E-state index in [1.807, 2.05) is 14.0 Å². The van der Waals surface area contributed by atoms with Crippen LogP contribution < -0.4 is 5.32 Å².